The number of hydrogen-bond donors (Lipinski definition) is 0. The van der Waals surface area contributed by atoms with Gasteiger partial charge in [0.2, 0.25) is 0 Å². The van der Waals surface area contributed by atoms with Crippen LogP contribution in [0.15, 0.2) is 66.7 Å². The molecule has 3 amide bonds. The van der Waals surface area contributed by atoms with Gasteiger partial charge in [-0.2, -0.15) is 0 Å². The normalized spacial score (nSPS) is 19.3. The number of hydrogen-bond acceptors (Lipinski definition) is 4. The van der Waals surface area contributed by atoms with E-state index in [9.17, 15) is 9.59 Å². The molecule has 0 radical (unpaired) electrons. The number of likely N-dealkylation sites (tertiary alicyclic amines) is 1. The molecular formula is C33H37ClN4O2. The molecule has 6 nitrogen and oxygen atoms in total. The van der Waals surface area contributed by atoms with Gasteiger partial charge in [0, 0.05) is 45.0 Å². The van der Waals surface area contributed by atoms with Crippen molar-refractivity contribution in [3.8, 4) is 11.1 Å². The first-order valence-electron chi connectivity index (χ1n) is 14.5. The summed E-state index contributed by atoms with van der Waals surface area (Å²) in [5.41, 5.74) is 5.42. The predicted octanol–water partition coefficient (Wildman–Crippen LogP) is 6.74. The maximum atomic E-state index is 14.0. The van der Waals surface area contributed by atoms with E-state index in [0.717, 1.165) is 49.4 Å². The summed E-state index contributed by atoms with van der Waals surface area (Å²) in [6.45, 7) is 9.16. The summed E-state index contributed by atoms with van der Waals surface area (Å²) in [6, 6.07) is 22.4. The molecule has 6 rings (SSSR count). The maximum Gasteiger partial charge on any atom is 0.332 e. The fourth-order valence-electron chi connectivity index (χ4n) is 6.73. The molecule has 0 saturated carbocycles. The molecule has 0 atom stereocenters. The Hall–Kier alpha value is -3.35. The van der Waals surface area contributed by atoms with Crippen LogP contribution in [-0.2, 0) is 11.3 Å². The predicted molar refractivity (Wildman–Crippen MR) is 162 cm³/mol. The zero-order valence-corrected chi connectivity index (χ0v) is 24.2. The Balaban J connectivity index is 1.17. The number of imide groups is 1. The first kappa shape index (κ1) is 26.9. The van der Waals surface area contributed by atoms with Crippen molar-refractivity contribution in [2.45, 2.75) is 51.6 Å². The summed E-state index contributed by atoms with van der Waals surface area (Å²) in [5, 5.41) is 0.408. The molecule has 3 aliphatic heterocycles. The van der Waals surface area contributed by atoms with Crippen LogP contribution in [0, 0.1) is 6.92 Å². The van der Waals surface area contributed by atoms with Gasteiger partial charge in [-0.05, 0) is 86.1 Å². The number of carbonyl (C=O) groups excluding carboxylic acids is 2. The van der Waals surface area contributed by atoms with Gasteiger partial charge in [0.15, 0.2) is 0 Å². The molecule has 0 unspecified atom stereocenters. The number of amides is 3. The summed E-state index contributed by atoms with van der Waals surface area (Å²) in [5.74, 6) is -0.153. The second kappa shape index (κ2) is 10.9. The third-order valence-corrected chi connectivity index (χ3v) is 9.30. The molecule has 40 heavy (non-hydrogen) atoms. The van der Waals surface area contributed by atoms with Gasteiger partial charge >= 0.3 is 6.03 Å². The lowest BCUT2D eigenvalue weighted by Gasteiger charge is -2.41. The van der Waals surface area contributed by atoms with Crippen LogP contribution in [0.1, 0.15) is 43.7 Å². The highest BCUT2D eigenvalue weighted by Crippen LogP contribution is 2.42. The van der Waals surface area contributed by atoms with E-state index in [1.165, 1.54) is 29.0 Å². The highest BCUT2D eigenvalue weighted by atomic mass is 35.5. The first-order valence-corrected chi connectivity index (χ1v) is 14.9. The van der Waals surface area contributed by atoms with Crippen LogP contribution in [-0.4, -0.2) is 60.0 Å². The molecule has 3 aliphatic rings. The van der Waals surface area contributed by atoms with E-state index in [1.807, 2.05) is 37.3 Å². The molecule has 7 heteroatoms. The fraction of sp³-hybridized carbons (Fsp3) is 0.394. The van der Waals surface area contributed by atoms with Crippen molar-refractivity contribution in [1.29, 1.82) is 0 Å². The van der Waals surface area contributed by atoms with Crippen molar-refractivity contribution < 1.29 is 9.59 Å². The summed E-state index contributed by atoms with van der Waals surface area (Å²) in [6.07, 6.45) is 3.78. The number of halogens is 1. The molecule has 208 valence electrons. The number of anilines is 2. The second-order valence-corrected chi connectivity index (χ2v) is 11.7. The van der Waals surface area contributed by atoms with Gasteiger partial charge < -0.3 is 9.80 Å². The Morgan fingerprint density at radius 2 is 1.57 bits per heavy atom. The SMILES string of the molecule is CCN1C(=O)N(c2ccc(-c3ccccc3C)cc2Cl)C(=O)C12CCN(Cc1ccc(N3CCCC3)cc1)CC2. The number of nitrogens with zero attached hydrogens (tertiary/aromatic N) is 4. The van der Waals surface area contributed by atoms with Gasteiger partial charge in [-0.1, -0.05) is 54.1 Å². The number of carbonyl (C=O) groups is 2. The van der Waals surface area contributed by atoms with Crippen molar-refractivity contribution in [1.82, 2.24) is 9.80 Å². The fourth-order valence-corrected chi connectivity index (χ4v) is 6.99. The van der Waals surface area contributed by atoms with E-state index in [-0.39, 0.29) is 11.9 Å². The lowest BCUT2D eigenvalue weighted by molar-refractivity contribution is -0.127. The van der Waals surface area contributed by atoms with Crippen LogP contribution in [0.2, 0.25) is 5.02 Å². The first-order chi connectivity index (χ1) is 19.4. The van der Waals surface area contributed by atoms with E-state index in [4.69, 9.17) is 11.6 Å². The molecule has 3 saturated heterocycles. The van der Waals surface area contributed by atoms with E-state index in [1.54, 1.807) is 4.90 Å². The summed E-state index contributed by atoms with van der Waals surface area (Å²) in [4.78, 5) is 35.6. The molecule has 0 N–H and O–H groups in total. The third kappa shape index (κ3) is 4.67. The van der Waals surface area contributed by atoms with Crippen molar-refractivity contribution in [2.75, 3.05) is 42.5 Å². The van der Waals surface area contributed by atoms with Crippen LogP contribution < -0.4 is 9.80 Å². The van der Waals surface area contributed by atoms with Crippen LogP contribution >= 0.6 is 11.6 Å². The molecular weight excluding hydrogens is 520 g/mol. The van der Waals surface area contributed by atoms with Crippen LogP contribution in [0.5, 0.6) is 0 Å². The van der Waals surface area contributed by atoms with Gasteiger partial charge in [0.25, 0.3) is 5.91 Å². The monoisotopic (exact) mass is 556 g/mol. The highest BCUT2D eigenvalue weighted by molar-refractivity contribution is 6.36. The lowest BCUT2D eigenvalue weighted by atomic mass is 9.85. The van der Waals surface area contributed by atoms with Crippen LogP contribution in [0.3, 0.4) is 0 Å². The maximum absolute atomic E-state index is 14.0. The minimum atomic E-state index is -0.819. The zero-order valence-electron chi connectivity index (χ0n) is 23.4. The molecule has 3 fully saturated rings. The molecule has 3 aromatic rings. The Morgan fingerprint density at radius 1 is 0.875 bits per heavy atom. The Kier molecular flexibility index (Phi) is 7.32. The number of benzene rings is 3. The van der Waals surface area contributed by atoms with Crippen molar-refractivity contribution in [2.24, 2.45) is 0 Å². The Morgan fingerprint density at radius 3 is 2.23 bits per heavy atom. The standard InChI is InChI=1S/C33H37ClN4O2/c1-3-37-32(40)38(30-15-12-26(22-29(30)34)28-9-5-4-8-24(28)2)31(39)33(37)16-20-35(21-17-33)23-25-10-13-27(14-11-25)36-18-6-7-19-36/h4-5,8-15,22H,3,6-7,16-21,23H2,1-2H3. The van der Waals surface area contributed by atoms with Crippen LogP contribution in [0.25, 0.3) is 11.1 Å². The van der Waals surface area contributed by atoms with Gasteiger partial charge in [0.1, 0.15) is 5.54 Å². The Labute approximate surface area is 242 Å². The van der Waals surface area contributed by atoms with E-state index in [0.29, 0.717) is 30.1 Å². The van der Waals surface area contributed by atoms with Gasteiger partial charge in [-0.15, -0.1) is 0 Å². The molecule has 0 bridgehead atoms. The number of aryl methyl sites for hydroxylation is 1. The summed E-state index contributed by atoms with van der Waals surface area (Å²) >= 11 is 6.75. The van der Waals surface area contributed by atoms with Gasteiger partial charge in [-0.3, -0.25) is 9.69 Å². The van der Waals surface area contributed by atoms with Crippen molar-refractivity contribution >= 4 is 34.9 Å². The quantitative estimate of drug-likeness (QED) is 0.315. The topological polar surface area (TPSA) is 47.1 Å². The number of piperidine rings is 1. The Bertz CT molecular complexity index is 1410. The smallest absolute Gasteiger partial charge is 0.332 e. The number of rotatable bonds is 6. The summed E-state index contributed by atoms with van der Waals surface area (Å²) in [7, 11) is 0. The molecule has 1 spiro atoms. The molecule has 3 aromatic carbocycles. The van der Waals surface area contributed by atoms with Crippen molar-refractivity contribution in [3.63, 3.8) is 0 Å². The van der Waals surface area contributed by atoms with E-state index < -0.39 is 5.54 Å². The number of likely N-dealkylation sites (N-methyl/N-ethyl adjacent to an activating group) is 1. The van der Waals surface area contributed by atoms with Crippen LogP contribution in [0.4, 0.5) is 16.2 Å². The lowest BCUT2D eigenvalue weighted by Crippen LogP contribution is -2.56. The molecule has 3 heterocycles. The highest BCUT2D eigenvalue weighted by Gasteiger charge is 2.58. The molecule has 0 aromatic heterocycles. The zero-order chi connectivity index (χ0) is 27.9. The average Bonchev–Trinajstić information content (AvgIpc) is 3.57. The summed E-state index contributed by atoms with van der Waals surface area (Å²) < 4.78 is 0. The third-order valence-electron chi connectivity index (χ3n) is 9.00. The van der Waals surface area contributed by atoms with E-state index >= 15 is 0 Å². The minimum absolute atomic E-state index is 0.153. The minimum Gasteiger partial charge on any atom is -0.372 e. The number of urea groups is 1. The largest absolute Gasteiger partial charge is 0.372 e. The van der Waals surface area contributed by atoms with Gasteiger partial charge in [-0.25, -0.2) is 9.69 Å². The van der Waals surface area contributed by atoms with Crippen molar-refractivity contribution in [3.05, 3.63) is 82.9 Å². The average molecular weight is 557 g/mol. The van der Waals surface area contributed by atoms with Gasteiger partial charge in [0.05, 0.1) is 10.7 Å². The molecule has 0 aliphatic carbocycles. The second-order valence-electron chi connectivity index (χ2n) is 11.3. The van der Waals surface area contributed by atoms with E-state index in [2.05, 4.69) is 53.1 Å².